The van der Waals surface area contributed by atoms with E-state index in [4.69, 9.17) is 0 Å². The number of Topliss-reactive ketones (excluding diaryl/α,β-unsaturated/α-hetero) is 1. The number of aromatic nitrogens is 4. The molecule has 0 amide bonds. The van der Waals surface area contributed by atoms with Gasteiger partial charge in [0.15, 0.2) is 10.9 Å². The lowest BCUT2D eigenvalue weighted by Gasteiger charge is -2.12. The lowest BCUT2D eigenvalue weighted by Crippen LogP contribution is -2.09. The number of aryl methyl sites for hydroxylation is 1. The predicted octanol–water partition coefficient (Wildman–Crippen LogP) is 3.86. The van der Waals surface area contributed by atoms with E-state index in [1.807, 2.05) is 29.8 Å². The Labute approximate surface area is 174 Å². The van der Waals surface area contributed by atoms with Gasteiger partial charge in [0.1, 0.15) is 12.0 Å². The summed E-state index contributed by atoms with van der Waals surface area (Å²) in [5, 5.41) is 18.6. The van der Waals surface area contributed by atoms with E-state index in [0.29, 0.717) is 18.0 Å². The molecule has 0 radical (unpaired) electrons. The van der Waals surface area contributed by atoms with E-state index in [2.05, 4.69) is 34.2 Å². The van der Waals surface area contributed by atoms with Gasteiger partial charge < -0.3 is 9.67 Å². The smallest absolute Gasteiger partial charge is 0.191 e. The normalized spacial score (nSPS) is 14.7. The van der Waals surface area contributed by atoms with Crippen LogP contribution in [0.1, 0.15) is 63.8 Å². The number of nitrogens with zero attached hydrogens (tertiary/aromatic N) is 4. The second-order valence-corrected chi connectivity index (χ2v) is 8.81. The molecule has 3 aromatic rings. The van der Waals surface area contributed by atoms with Crippen LogP contribution in [0, 0.1) is 0 Å². The van der Waals surface area contributed by atoms with Gasteiger partial charge in [-0.3, -0.25) is 4.79 Å². The number of thioether (sulfide) groups is 1. The zero-order valence-corrected chi connectivity index (χ0v) is 17.4. The molecule has 2 heterocycles. The number of hydrogen-bond donors (Lipinski definition) is 1. The summed E-state index contributed by atoms with van der Waals surface area (Å²) in [6, 6.07) is 11.7. The molecule has 0 aliphatic heterocycles. The number of rotatable bonds is 8. The molecule has 29 heavy (non-hydrogen) atoms. The van der Waals surface area contributed by atoms with Crippen molar-refractivity contribution in [3.63, 3.8) is 0 Å². The van der Waals surface area contributed by atoms with E-state index in [1.54, 1.807) is 24.2 Å². The summed E-state index contributed by atoms with van der Waals surface area (Å²) in [6.07, 6.45) is 4.17. The second-order valence-electron chi connectivity index (χ2n) is 7.50. The lowest BCUT2D eigenvalue weighted by molar-refractivity contribution is 0.0988. The molecule has 0 bridgehead atoms. The minimum Gasteiger partial charge on any atom is -0.392 e. The van der Waals surface area contributed by atoms with Gasteiger partial charge in [-0.2, -0.15) is 0 Å². The van der Waals surface area contributed by atoms with E-state index in [9.17, 15) is 9.90 Å². The van der Waals surface area contributed by atoms with Crippen LogP contribution in [0.3, 0.4) is 0 Å². The van der Waals surface area contributed by atoms with Gasteiger partial charge >= 0.3 is 0 Å². The summed E-state index contributed by atoms with van der Waals surface area (Å²) in [7, 11) is 1.93. The number of aliphatic hydroxyl groups excluding tert-OH is 1. The SMILES string of the molecule is C[C@H](Sc1nncn1C)c1cccc(CC(=O)c2ccc(CO)c(C3CC3)n2)c1. The fourth-order valence-electron chi connectivity index (χ4n) is 3.34. The molecule has 1 aliphatic rings. The van der Waals surface area contributed by atoms with Crippen LogP contribution in [0.4, 0.5) is 0 Å². The third kappa shape index (κ3) is 4.57. The molecular formula is C22H24N4O2S. The second kappa shape index (κ2) is 8.47. The summed E-state index contributed by atoms with van der Waals surface area (Å²) in [5.41, 5.74) is 4.32. The molecule has 1 fully saturated rings. The molecule has 1 saturated carbocycles. The monoisotopic (exact) mass is 408 g/mol. The molecule has 150 valence electrons. The first-order valence-corrected chi connectivity index (χ1v) is 10.7. The number of ketones is 1. The Hall–Kier alpha value is -2.51. The van der Waals surface area contributed by atoms with Crippen LogP contribution in [0.15, 0.2) is 47.9 Å². The predicted molar refractivity (Wildman–Crippen MR) is 112 cm³/mol. The minimum absolute atomic E-state index is 0.00199. The standard InChI is InChI=1S/C22H24N4O2S/c1-14(29-22-25-23-13-26(22)2)17-5-3-4-15(10-17)11-20(28)19-9-8-18(12-27)21(24-19)16-6-7-16/h3-5,8-10,13-14,16,27H,6-7,11-12H2,1-2H3/t14-/m0/s1. The maximum absolute atomic E-state index is 12.8. The molecule has 0 spiro atoms. The Morgan fingerprint density at radius 1 is 1.31 bits per heavy atom. The van der Waals surface area contributed by atoms with Crippen molar-refractivity contribution < 1.29 is 9.90 Å². The Morgan fingerprint density at radius 3 is 2.83 bits per heavy atom. The van der Waals surface area contributed by atoms with Gasteiger partial charge in [0.2, 0.25) is 0 Å². The summed E-state index contributed by atoms with van der Waals surface area (Å²) in [4.78, 5) is 17.4. The summed E-state index contributed by atoms with van der Waals surface area (Å²) < 4.78 is 1.90. The number of hydrogen-bond acceptors (Lipinski definition) is 6. The van der Waals surface area contributed by atoms with Gasteiger partial charge in [-0.1, -0.05) is 42.1 Å². The van der Waals surface area contributed by atoms with Crippen LogP contribution in [0.25, 0.3) is 0 Å². The van der Waals surface area contributed by atoms with Gasteiger partial charge in [0, 0.05) is 30.3 Å². The van der Waals surface area contributed by atoms with Crippen LogP contribution in [0.5, 0.6) is 0 Å². The first-order valence-electron chi connectivity index (χ1n) is 9.78. The molecular weight excluding hydrogens is 384 g/mol. The Morgan fingerprint density at radius 2 is 2.14 bits per heavy atom. The highest BCUT2D eigenvalue weighted by Crippen LogP contribution is 2.40. The molecule has 2 aromatic heterocycles. The lowest BCUT2D eigenvalue weighted by atomic mass is 10.0. The molecule has 1 aromatic carbocycles. The Kier molecular flexibility index (Phi) is 5.78. The van der Waals surface area contributed by atoms with Gasteiger partial charge in [0.05, 0.1) is 6.61 Å². The number of benzene rings is 1. The van der Waals surface area contributed by atoms with E-state index in [1.165, 1.54) is 0 Å². The van der Waals surface area contributed by atoms with E-state index in [0.717, 1.165) is 40.4 Å². The molecule has 1 aliphatic carbocycles. The maximum atomic E-state index is 12.8. The van der Waals surface area contributed by atoms with Crippen LogP contribution in [-0.2, 0) is 20.1 Å². The minimum atomic E-state index is -0.0313. The topological polar surface area (TPSA) is 80.9 Å². The van der Waals surface area contributed by atoms with Crippen molar-refractivity contribution >= 4 is 17.5 Å². The zero-order valence-electron chi connectivity index (χ0n) is 16.6. The fraction of sp³-hybridized carbons (Fsp3) is 0.364. The van der Waals surface area contributed by atoms with E-state index in [-0.39, 0.29) is 17.6 Å². The van der Waals surface area contributed by atoms with Crippen molar-refractivity contribution in [1.82, 2.24) is 19.7 Å². The Balaban J connectivity index is 1.48. The highest BCUT2D eigenvalue weighted by Gasteiger charge is 2.28. The third-order valence-corrected chi connectivity index (χ3v) is 6.38. The van der Waals surface area contributed by atoms with Gasteiger partial charge in [-0.25, -0.2) is 4.98 Å². The van der Waals surface area contributed by atoms with Crippen LogP contribution in [-0.4, -0.2) is 30.6 Å². The molecule has 1 atom stereocenters. The fourth-order valence-corrected chi connectivity index (χ4v) is 4.25. The van der Waals surface area contributed by atoms with Crippen molar-refractivity contribution in [1.29, 1.82) is 0 Å². The number of aliphatic hydroxyl groups is 1. The third-order valence-electron chi connectivity index (χ3n) is 5.17. The molecule has 0 saturated heterocycles. The molecule has 4 rings (SSSR count). The average molecular weight is 409 g/mol. The molecule has 1 N–H and O–H groups in total. The van der Waals surface area contributed by atoms with Crippen molar-refractivity contribution in [3.8, 4) is 0 Å². The number of carbonyl (C=O) groups is 1. The zero-order chi connectivity index (χ0) is 20.4. The van der Waals surface area contributed by atoms with E-state index >= 15 is 0 Å². The number of carbonyl (C=O) groups excluding carboxylic acids is 1. The first-order chi connectivity index (χ1) is 14.0. The Bertz CT molecular complexity index is 1030. The highest BCUT2D eigenvalue weighted by molar-refractivity contribution is 7.99. The summed E-state index contributed by atoms with van der Waals surface area (Å²) in [6.45, 7) is 2.09. The summed E-state index contributed by atoms with van der Waals surface area (Å²) in [5.74, 6) is 0.397. The summed E-state index contributed by atoms with van der Waals surface area (Å²) >= 11 is 1.64. The van der Waals surface area contributed by atoms with Crippen molar-refractivity contribution in [2.45, 2.75) is 49.1 Å². The van der Waals surface area contributed by atoms with Crippen LogP contribution in [0.2, 0.25) is 0 Å². The van der Waals surface area contributed by atoms with Gasteiger partial charge in [0.25, 0.3) is 0 Å². The van der Waals surface area contributed by atoms with Crippen LogP contribution >= 0.6 is 11.8 Å². The maximum Gasteiger partial charge on any atom is 0.191 e. The average Bonchev–Trinajstić information content (AvgIpc) is 3.51. The van der Waals surface area contributed by atoms with Crippen molar-refractivity contribution in [2.24, 2.45) is 7.05 Å². The van der Waals surface area contributed by atoms with Gasteiger partial charge in [-0.05, 0) is 42.5 Å². The first kappa shape index (κ1) is 19.8. The molecule has 7 heteroatoms. The van der Waals surface area contributed by atoms with Crippen molar-refractivity contribution in [2.75, 3.05) is 0 Å². The number of pyridine rings is 1. The van der Waals surface area contributed by atoms with E-state index < -0.39 is 0 Å². The van der Waals surface area contributed by atoms with Gasteiger partial charge in [-0.15, -0.1) is 10.2 Å². The molecule has 0 unspecified atom stereocenters. The van der Waals surface area contributed by atoms with Crippen LogP contribution < -0.4 is 0 Å². The largest absolute Gasteiger partial charge is 0.392 e. The molecule has 6 nitrogen and oxygen atoms in total. The quantitative estimate of drug-likeness (QED) is 0.450. The van der Waals surface area contributed by atoms with Crippen molar-refractivity contribution in [3.05, 3.63) is 70.8 Å². The highest BCUT2D eigenvalue weighted by atomic mass is 32.2.